The number of thioether (sulfide) groups is 1. The van der Waals surface area contributed by atoms with Gasteiger partial charge >= 0.3 is 0 Å². The van der Waals surface area contributed by atoms with Crippen molar-refractivity contribution >= 4 is 52.5 Å². The molecule has 0 aliphatic carbocycles. The van der Waals surface area contributed by atoms with Crippen molar-refractivity contribution in [1.82, 2.24) is 5.32 Å². The Hall–Kier alpha value is -2.46. The van der Waals surface area contributed by atoms with Crippen LogP contribution in [0.5, 0.6) is 0 Å². The lowest BCUT2D eigenvalue weighted by Gasteiger charge is -2.25. The zero-order chi connectivity index (χ0) is 20.1. The van der Waals surface area contributed by atoms with Crippen molar-refractivity contribution in [3.63, 3.8) is 0 Å². The first-order chi connectivity index (χ1) is 13.5. The van der Waals surface area contributed by atoms with Crippen molar-refractivity contribution in [2.45, 2.75) is 12.3 Å². The monoisotopic (exact) mass is 431 g/mol. The van der Waals surface area contributed by atoms with Crippen LogP contribution in [-0.2, 0) is 9.59 Å². The highest BCUT2D eigenvalue weighted by Crippen LogP contribution is 2.36. The van der Waals surface area contributed by atoms with E-state index in [1.165, 1.54) is 0 Å². The summed E-state index contributed by atoms with van der Waals surface area (Å²) in [5.41, 5.74) is 1.89. The average molecular weight is 432 g/mol. The number of hydrogen-bond acceptors (Lipinski definition) is 4. The maximum atomic E-state index is 12.2. The molecule has 1 atom stereocenters. The second kappa shape index (κ2) is 9.16. The number of nitrogens with zero attached hydrogens (tertiary/aromatic N) is 1. The molecule has 0 spiro atoms. The molecule has 28 heavy (non-hydrogen) atoms. The van der Waals surface area contributed by atoms with Crippen molar-refractivity contribution < 1.29 is 9.59 Å². The van der Waals surface area contributed by atoms with Gasteiger partial charge in [-0.1, -0.05) is 47.1 Å². The summed E-state index contributed by atoms with van der Waals surface area (Å²) in [5, 5.41) is 16.7. The molecule has 0 saturated heterocycles. The summed E-state index contributed by atoms with van der Waals surface area (Å²) in [4.78, 5) is 24.4. The van der Waals surface area contributed by atoms with Gasteiger partial charge in [0.25, 0.3) is 0 Å². The van der Waals surface area contributed by atoms with Gasteiger partial charge in [0.1, 0.15) is 0 Å². The van der Waals surface area contributed by atoms with Gasteiger partial charge in [0.15, 0.2) is 0 Å². The van der Waals surface area contributed by atoms with E-state index in [0.29, 0.717) is 26.3 Å². The van der Waals surface area contributed by atoms with E-state index in [0.717, 1.165) is 17.3 Å². The number of nitrogens with one attached hydrogen (secondary N) is 2. The Morgan fingerprint density at radius 2 is 1.75 bits per heavy atom. The van der Waals surface area contributed by atoms with Crippen LogP contribution in [0.15, 0.2) is 59.1 Å². The third kappa shape index (κ3) is 5.08. The number of anilines is 1. The summed E-state index contributed by atoms with van der Waals surface area (Å²) in [5.74, 6) is -0.756. The Morgan fingerprint density at radius 3 is 2.36 bits per heavy atom. The smallest absolute Gasteiger partial charge is 0.234 e. The zero-order valence-electron chi connectivity index (χ0n) is 14.5. The quantitative estimate of drug-likeness (QED) is 0.718. The first-order valence-electron chi connectivity index (χ1n) is 8.34. The SMILES string of the molecule is N#CC1=C(SCC(=O)Nc2ccc(Cl)cc2)NC(=O)C[C@@H]1c1ccc(Cl)cc1. The van der Waals surface area contributed by atoms with Crippen molar-refractivity contribution in [2.24, 2.45) is 0 Å². The fourth-order valence-corrected chi connectivity index (χ4v) is 3.91. The topological polar surface area (TPSA) is 82.0 Å². The molecule has 0 unspecified atom stereocenters. The highest BCUT2D eigenvalue weighted by molar-refractivity contribution is 8.03. The van der Waals surface area contributed by atoms with Crippen LogP contribution in [0.1, 0.15) is 17.9 Å². The normalized spacial score (nSPS) is 16.3. The first-order valence-corrected chi connectivity index (χ1v) is 10.1. The second-order valence-electron chi connectivity index (χ2n) is 6.05. The maximum absolute atomic E-state index is 12.2. The Kier molecular flexibility index (Phi) is 6.63. The fourth-order valence-electron chi connectivity index (χ4n) is 2.78. The van der Waals surface area contributed by atoms with Gasteiger partial charge in [-0.05, 0) is 42.0 Å². The molecule has 142 valence electrons. The number of rotatable bonds is 5. The lowest BCUT2D eigenvalue weighted by atomic mass is 9.87. The van der Waals surface area contributed by atoms with Crippen LogP contribution < -0.4 is 10.6 Å². The molecule has 2 N–H and O–H groups in total. The molecule has 1 aliphatic heterocycles. The number of halogens is 2. The van der Waals surface area contributed by atoms with Gasteiger partial charge in [-0.2, -0.15) is 5.26 Å². The first kappa shape index (κ1) is 20.3. The number of hydrogen-bond donors (Lipinski definition) is 2. The van der Waals surface area contributed by atoms with E-state index in [1.807, 2.05) is 0 Å². The van der Waals surface area contributed by atoms with Gasteiger partial charge in [0.05, 0.1) is 22.4 Å². The number of nitriles is 1. The lowest BCUT2D eigenvalue weighted by molar-refractivity contribution is -0.121. The third-order valence-electron chi connectivity index (χ3n) is 4.10. The van der Waals surface area contributed by atoms with E-state index in [1.54, 1.807) is 48.5 Å². The minimum atomic E-state index is -0.363. The maximum Gasteiger partial charge on any atom is 0.234 e. The van der Waals surface area contributed by atoms with Crippen LogP contribution in [0.4, 0.5) is 5.69 Å². The van der Waals surface area contributed by atoms with Crippen LogP contribution in [-0.4, -0.2) is 17.6 Å². The molecule has 0 radical (unpaired) electrons. The van der Waals surface area contributed by atoms with Crippen LogP contribution >= 0.6 is 35.0 Å². The molecule has 0 aromatic heterocycles. The number of carbonyl (C=O) groups is 2. The standard InChI is InChI=1S/C20H15Cl2N3O2S/c21-13-3-1-12(2-4-13)16-9-18(26)25-20(17(16)10-23)28-11-19(27)24-15-7-5-14(22)6-8-15/h1-8,16H,9,11H2,(H,24,27)(H,25,26)/t16-/m1/s1. The Balaban J connectivity index is 1.73. The van der Waals surface area contributed by atoms with E-state index in [9.17, 15) is 14.9 Å². The molecule has 1 aliphatic rings. The molecule has 0 bridgehead atoms. The lowest BCUT2D eigenvalue weighted by Crippen LogP contribution is -2.31. The Labute approximate surface area is 176 Å². The van der Waals surface area contributed by atoms with Crippen molar-refractivity contribution in [2.75, 3.05) is 11.1 Å². The summed E-state index contributed by atoms with van der Waals surface area (Å²) in [6.45, 7) is 0. The van der Waals surface area contributed by atoms with Crippen LogP contribution in [0.25, 0.3) is 0 Å². The van der Waals surface area contributed by atoms with Gasteiger partial charge in [0.2, 0.25) is 11.8 Å². The minimum absolute atomic E-state index is 0.0523. The summed E-state index contributed by atoms with van der Waals surface area (Å²) in [6.07, 6.45) is 0.172. The van der Waals surface area contributed by atoms with Gasteiger partial charge in [-0.15, -0.1) is 0 Å². The molecule has 0 fully saturated rings. The summed E-state index contributed by atoms with van der Waals surface area (Å²) in [7, 11) is 0. The second-order valence-corrected chi connectivity index (χ2v) is 7.91. The zero-order valence-corrected chi connectivity index (χ0v) is 16.9. The predicted molar refractivity (Wildman–Crippen MR) is 112 cm³/mol. The molecule has 2 amide bonds. The number of amides is 2. The molecule has 8 heteroatoms. The van der Waals surface area contributed by atoms with E-state index in [-0.39, 0.29) is 29.9 Å². The van der Waals surface area contributed by atoms with Gasteiger partial charge in [0, 0.05) is 28.1 Å². The fraction of sp³-hybridized carbons (Fsp3) is 0.150. The average Bonchev–Trinajstić information content (AvgIpc) is 2.68. The minimum Gasteiger partial charge on any atom is -0.325 e. The molecule has 2 aromatic carbocycles. The summed E-state index contributed by atoms with van der Waals surface area (Å²) in [6, 6.07) is 16.0. The number of carbonyl (C=O) groups excluding carboxylic acids is 2. The van der Waals surface area contributed by atoms with Gasteiger partial charge < -0.3 is 10.6 Å². The largest absolute Gasteiger partial charge is 0.325 e. The highest BCUT2D eigenvalue weighted by atomic mass is 35.5. The van der Waals surface area contributed by atoms with Gasteiger partial charge in [-0.3, -0.25) is 9.59 Å². The number of benzene rings is 2. The summed E-state index contributed by atoms with van der Waals surface area (Å²) < 4.78 is 0. The molecule has 5 nitrogen and oxygen atoms in total. The molecule has 2 aromatic rings. The van der Waals surface area contributed by atoms with E-state index < -0.39 is 0 Å². The van der Waals surface area contributed by atoms with Crippen molar-refractivity contribution in [3.05, 3.63) is 74.7 Å². The van der Waals surface area contributed by atoms with Crippen LogP contribution in [0.2, 0.25) is 10.0 Å². The predicted octanol–water partition coefficient (Wildman–Crippen LogP) is 4.70. The highest BCUT2D eigenvalue weighted by Gasteiger charge is 2.29. The van der Waals surface area contributed by atoms with E-state index in [2.05, 4.69) is 16.7 Å². The van der Waals surface area contributed by atoms with E-state index in [4.69, 9.17) is 23.2 Å². The number of allylic oxidation sites excluding steroid dienone is 1. The molecule has 0 saturated carbocycles. The third-order valence-corrected chi connectivity index (χ3v) is 5.63. The Bertz CT molecular complexity index is 966. The molecular weight excluding hydrogens is 417 g/mol. The Morgan fingerprint density at radius 1 is 1.14 bits per heavy atom. The van der Waals surface area contributed by atoms with Crippen LogP contribution in [0.3, 0.4) is 0 Å². The van der Waals surface area contributed by atoms with Crippen LogP contribution in [0, 0.1) is 11.3 Å². The summed E-state index contributed by atoms with van der Waals surface area (Å²) >= 11 is 12.9. The molecule has 3 rings (SSSR count). The molecular formula is C20H15Cl2N3O2S. The van der Waals surface area contributed by atoms with Crippen molar-refractivity contribution in [3.8, 4) is 6.07 Å². The van der Waals surface area contributed by atoms with Gasteiger partial charge in [-0.25, -0.2) is 0 Å². The molecule has 1 heterocycles. The van der Waals surface area contributed by atoms with E-state index >= 15 is 0 Å². The van der Waals surface area contributed by atoms with Crippen molar-refractivity contribution in [1.29, 1.82) is 5.26 Å².